The summed E-state index contributed by atoms with van der Waals surface area (Å²) in [6, 6.07) is 13.2. The Labute approximate surface area is 146 Å². The Morgan fingerprint density at radius 2 is 1.88 bits per heavy atom. The minimum Gasteiger partial charge on any atom is -0.478 e. The maximum absolute atomic E-state index is 12.5. The van der Waals surface area contributed by atoms with Crippen molar-refractivity contribution in [2.24, 2.45) is 0 Å². The van der Waals surface area contributed by atoms with Crippen molar-refractivity contribution in [3.63, 3.8) is 0 Å². The lowest BCUT2D eigenvalue weighted by Gasteiger charge is -2.03. The van der Waals surface area contributed by atoms with Crippen molar-refractivity contribution in [3.8, 4) is 11.5 Å². The molecule has 0 saturated heterocycles. The fourth-order valence-electron chi connectivity index (χ4n) is 2.56. The van der Waals surface area contributed by atoms with Crippen molar-refractivity contribution in [1.82, 2.24) is 15.0 Å². The highest BCUT2D eigenvalue weighted by Crippen LogP contribution is 2.20. The molecule has 0 aliphatic rings. The lowest BCUT2D eigenvalue weighted by Crippen LogP contribution is -2.14. The number of furan rings is 1. The average Bonchev–Trinajstić information content (AvgIpc) is 3.30. The second-order valence-corrected chi connectivity index (χ2v) is 5.43. The van der Waals surface area contributed by atoms with Crippen LogP contribution in [0.5, 0.6) is 0 Å². The third-order valence-electron chi connectivity index (χ3n) is 3.73. The van der Waals surface area contributed by atoms with E-state index in [9.17, 15) is 14.7 Å². The summed E-state index contributed by atoms with van der Waals surface area (Å²) in [4.78, 5) is 35.0. The van der Waals surface area contributed by atoms with E-state index in [1.807, 2.05) is 0 Å². The van der Waals surface area contributed by atoms with Crippen LogP contribution in [0.2, 0.25) is 0 Å². The van der Waals surface area contributed by atoms with Crippen molar-refractivity contribution in [2.75, 3.05) is 5.32 Å². The SMILES string of the molecule is O=C(Nc1nc2c(C(=O)O)cccc2[nH]1)c1cccc(-c2ccco2)n1. The van der Waals surface area contributed by atoms with Crippen LogP contribution < -0.4 is 5.32 Å². The molecule has 3 N–H and O–H groups in total. The van der Waals surface area contributed by atoms with E-state index in [4.69, 9.17) is 4.42 Å². The molecule has 1 aromatic carbocycles. The molecule has 3 heterocycles. The summed E-state index contributed by atoms with van der Waals surface area (Å²) in [5, 5.41) is 11.8. The minimum atomic E-state index is -1.09. The molecule has 3 aromatic heterocycles. The molecule has 128 valence electrons. The topological polar surface area (TPSA) is 121 Å². The van der Waals surface area contributed by atoms with E-state index in [2.05, 4.69) is 20.3 Å². The van der Waals surface area contributed by atoms with Crippen molar-refractivity contribution >= 4 is 28.9 Å². The van der Waals surface area contributed by atoms with Crippen LogP contribution in [-0.2, 0) is 0 Å². The molecule has 0 aliphatic heterocycles. The third-order valence-corrected chi connectivity index (χ3v) is 3.73. The van der Waals surface area contributed by atoms with Gasteiger partial charge in [0.1, 0.15) is 16.9 Å². The summed E-state index contributed by atoms with van der Waals surface area (Å²) in [7, 11) is 0. The van der Waals surface area contributed by atoms with Crippen molar-refractivity contribution < 1.29 is 19.1 Å². The number of imidazole rings is 1. The number of fused-ring (bicyclic) bond motifs is 1. The zero-order valence-electron chi connectivity index (χ0n) is 13.3. The highest BCUT2D eigenvalue weighted by Gasteiger charge is 2.15. The van der Waals surface area contributed by atoms with E-state index in [1.54, 1.807) is 42.5 Å². The largest absolute Gasteiger partial charge is 0.478 e. The second kappa shape index (κ2) is 6.17. The molecule has 0 bridgehead atoms. The van der Waals surface area contributed by atoms with Crippen molar-refractivity contribution in [3.05, 3.63) is 66.1 Å². The Balaban J connectivity index is 1.63. The van der Waals surface area contributed by atoms with E-state index < -0.39 is 11.9 Å². The Bertz CT molecular complexity index is 1120. The van der Waals surface area contributed by atoms with Gasteiger partial charge in [0.15, 0.2) is 5.76 Å². The highest BCUT2D eigenvalue weighted by molar-refractivity contribution is 6.05. The summed E-state index contributed by atoms with van der Waals surface area (Å²) >= 11 is 0. The van der Waals surface area contributed by atoms with E-state index in [1.165, 1.54) is 12.3 Å². The van der Waals surface area contributed by atoms with Gasteiger partial charge in [0.25, 0.3) is 5.91 Å². The first-order chi connectivity index (χ1) is 12.6. The second-order valence-electron chi connectivity index (χ2n) is 5.43. The maximum Gasteiger partial charge on any atom is 0.337 e. The molecule has 26 heavy (non-hydrogen) atoms. The monoisotopic (exact) mass is 348 g/mol. The van der Waals surface area contributed by atoms with Gasteiger partial charge in [-0.05, 0) is 36.4 Å². The zero-order valence-corrected chi connectivity index (χ0v) is 13.3. The molecule has 0 aliphatic carbocycles. The number of hydrogen-bond donors (Lipinski definition) is 3. The van der Waals surface area contributed by atoms with Crippen LogP contribution in [0, 0.1) is 0 Å². The van der Waals surface area contributed by atoms with Gasteiger partial charge in [-0.2, -0.15) is 0 Å². The molecule has 4 aromatic rings. The predicted octanol–water partition coefficient (Wildman–Crippen LogP) is 3.17. The number of aromatic nitrogens is 3. The first-order valence-corrected chi connectivity index (χ1v) is 7.66. The Morgan fingerprint density at radius 1 is 1.04 bits per heavy atom. The Morgan fingerprint density at radius 3 is 2.65 bits per heavy atom. The maximum atomic E-state index is 12.5. The lowest BCUT2D eigenvalue weighted by molar-refractivity contribution is 0.0698. The standard InChI is InChI=1S/C18H12N4O4/c23-16(13-7-2-5-11(19-13)14-8-3-9-26-14)22-18-20-12-6-1-4-10(17(24)25)15(12)21-18/h1-9H,(H,24,25)(H2,20,21,22,23). The number of aromatic amines is 1. The number of amides is 1. The number of carboxylic acids is 1. The molecule has 8 heteroatoms. The van der Waals surface area contributed by atoms with Gasteiger partial charge in [-0.15, -0.1) is 0 Å². The summed E-state index contributed by atoms with van der Waals surface area (Å²) in [5.41, 5.74) is 1.54. The molecule has 0 spiro atoms. The molecule has 4 rings (SSSR count). The van der Waals surface area contributed by atoms with Gasteiger partial charge in [-0.1, -0.05) is 12.1 Å². The predicted molar refractivity (Wildman–Crippen MR) is 92.9 cm³/mol. The average molecular weight is 348 g/mol. The zero-order chi connectivity index (χ0) is 18.1. The summed E-state index contributed by atoms with van der Waals surface area (Å²) < 4.78 is 5.28. The quantitative estimate of drug-likeness (QED) is 0.521. The number of nitrogens with zero attached hydrogens (tertiary/aromatic N) is 2. The number of carbonyl (C=O) groups excluding carboxylic acids is 1. The van der Waals surface area contributed by atoms with Crippen LogP contribution in [0.4, 0.5) is 5.95 Å². The minimum absolute atomic E-state index is 0.0530. The van der Waals surface area contributed by atoms with Gasteiger partial charge in [0.2, 0.25) is 5.95 Å². The number of benzene rings is 1. The molecule has 0 atom stereocenters. The molecular formula is C18H12N4O4. The third kappa shape index (κ3) is 2.80. The fourth-order valence-corrected chi connectivity index (χ4v) is 2.56. The Hall–Kier alpha value is -3.94. The number of rotatable bonds is 4. The van der Waals surface area contributed by atoms with Crippen LogP contribution in [0.25, 0.3) is 22.5 Å². The van der Waals surface area contributed by atoms with Gasteiger partial charge >= 0.3 is 5.97 Å². The van der Waals surface area contributed by atoms with Gasteiger partial charge in [-0.25, -0.2) is 14.8 Å². The molecule has 0 fully saturated rings. The number of H-pyrrole nitrogens is 1. The summed E-state index contributed by atoms with van der Waals surface area (Å²) in [6.45, 7) is 0. The number of anilines is 1. The van der Waals surface area contributed by atoms with Crippen LogP contribution in [0.15, 0.2) is 59.2 Å². The number of hydrogen-bond acceptors (Lipinski definition) is 5. The van der Waals surface area contributed by atoms with E-state index in [-0.39, 0.29) is 22.7 Å². The lowest BCUT2D eigenvalue weighted by atomic mass is 10.2. The number of carboxylic acid groups (broad SMARTS) is 1. The van der Waals surface area contributed by atoms with Crippen LogP contribution in [-0.4, -0.2) is 31.9 Å². The smallest absolute Gasteiger partial charge is 0.337 e. The molecule has 0 radical (unpaired) electrons. The van der Waals surface area contributed by atoms with Gasteiger partial charge in [-0.3, -0.25) is 10.1 Å². The number of aromatic carboxylic acids is 1. The first-order valence-electron chi connectivity index (χ1n) is 7.66. The number of pyridine rings is 1. The van der Waals surface area contributed by atoms with Crippen LogP contribution >= 0.6 is 0 Å². The molecule has 0 unspecified atom stereocenters. The van der Waals surface area contributed by atoms with Gasteiger partial charge < -0.3 is 14.5 Å². The summed E-state index contributed by atoms with van der Waals surface area (Å²) in [5.74, 6) is -0.875. The van der Waals surface area contributed by atoms with Crippen LogP contribution in [0.3, 0.4) is 0 Å². The van der Waals surface area contributed by atoms with E-state index in [0.29, 0.717) is 17.0 Å². The summed E-state index contributed by atoms with van der Waals surface area (Å²) in [6.07, 6.45) is 1.53. The number of para-hydroxylation sites is 1. The Kier molecular flexibility index (Phi) is 3.70. The number of nitrogens with one attached hydrogen (secondary N) is 2. The van der Waals surface area contributed by atoms with Crippen LogP contribution in [0.1, 0.15) is 20.8 Å². The first kappa shape index (κ1) is 15.6. The molecule has 8 nitrogen and oxygen atoms in total. The molecule has 0 saturated carbocycles. The number of carbonyl (C=O) groups is 2. The normalized spacial score (nSPS) is 10.8. The van der Waals surface area contributed by atoms with Crippen molar-refractivity contribution in [2.45, 2.75) is 0 Å². The van der Waals surface area contributed by atoms with Gasteiger partial charge in [0, 0.05) is 0 Å². The fraction of sp³-hybridized carbons (Fsp3) is 0. The van der Waals surface area contributed by atoms with Crippen molar-refractivity contribution in [1.29, 1.82) is 0 Å². The van der Waals surface area contributed by atoms with E-state index >= 15 is 0 Å². The highest BCUT2D eigenvalue weighted by atomic mass is 16.4. The van der Waals surface area contributed by atoms with E-state index in [0.717, 1.165) is 0 Å². The van der Waals surface area contributed by atoms with Gasteiger partial charge in [0.05, 0.1) is 17.3 Å². The molecular weight excluding hydrogens is 336 g/mol. The molecule has 1 amide bonds.